The molecule has 1 aliphatic rings. The second kappa shape index (κ2) is 8.80. The summed E-state index contributed by atoms with van der Waals surface area (Å²) in [5.74, 6) is -0.319. The smallest absolute Gasteiger partial charge is 0.145 e. The minimum absolute atomic E-state index is 0.154. The van der Waals surface area contributed by atoms with Crippen LogP contribution in [0, 0.1) is 18.2 Å². The third-order valence-electron chi connectivity index (χ3n) is 4.89. The SMILES string of the molecule is CCCc1cc(Nc2ccc(NCC3(CBr)COC3)c(C)c2)cc(Cl)c1F. The van der Waals surface area contributed by atoms with E-state index in [0.29, 0.717) is 12.0 Å². The van der Waals surface area contributed by atoms with E-state index in [-0.39, 0.29) is 16.3 Å². The molecule has 27 heavy (non-hydrogen) atoms. The molecule has 0 atom stereocenters. The van der Waals surface area contributed by atoms with E-state index in [0.717, 1.165) is 54.1 Å². The molecule has 1 fully saturated rings. The lowest BCUT2D eigenvalue weighted by Gasteiger charge is -2.40. The summed E-state index contributed by atoms with van der Waals surface area (Å²) in [7, 11) is 0. The fourth-order valence-corrected chi connectivity index (χ4v) is 3.94. The van der Waals surface area contributed by atoms with Gasteiger partial charge in [0.05, 0.1) is 18.2 Å². The van der Waals surface area contributed by atoms with Gasteiger partial charge in [0, 0.05) is 34.4 Å². The zero-order valence-electron chi connectivity index (χ0n) is 15.7. The van der Waals surface area contributed by atoms with Crippen LogP contribution in [0.3, 0.4) is 0 Å². The van der Waals surface area contributed by atoms with Crippen LogP contribution in [-0.4, -0.2) is 25.1 Å². The van der Waals surface area contributed by atoms with Gasteiger partial charge in [-0.25, -0.2) is 4.39 Å². The molecule has 0 aromatic heterocycles. The van der Waals surface area contributed by atoms with Crippen LogP contribution in [0.5, 0.6) is 0 Å². The van der Waals surface area contributed by atoms with Crippen LogP contribution < -0.4 is 10.6 Å². The minimum atomic E-state index is -0.319. The first-order chi connectivity index (χ1) is 13.0. The molecular formula is C21H25BrClFN2O. The van der Waals surface area contributed by atoms with Gasteiger partial charge in [-0.1, -0.05) is 40.9 Å². The molecule has 6 heteroatoms. The van der Waals surface area contributed by atoms with Crippen molar-refractivity contribution in [2.75, 3.05) is 35.7 Å². The Hall–Kier alpha value is -1.30. The number of rotatable bonds is 8. The quantitative estimate of drug-likeness (QED) is 0.458. The van der Waals surface area contributed by atoms with Crippen molar-refractivity contribution in [2.45, 2.75) is 26.7 Å². The third kappa shape index (κ3) is 4.76. The molecule has 2 N–H and O–H groups in total. The lowest BCUT2D eigenvalue weighted by atomic mass is 9.88. The molecule has 3 rings (SSSR count). The van der Waals surface area contributed by atoms with Crippen LogP contribution in [0.4, 0.5) is 21.5 Å². The first-order valence-corrected chi connectivity index (χ1v) is 10.7. The molecule has 0 amide bonds. The number of aryl methyl sites for hydroxylation is 2. The first kappa shape index (κ1) is 20.4. The van der Waals surface area contributed by atoms with Crippen molar-refractivity contribution in [3.05, 3.63) is 52.3 Å². The van der Waals surface area contributed by atoms with Crippen molar-refractivity contribution >= 4 is 44.6 Å². The van der Waals surface area contributed by atoms with Crippen LogP contribution in [0.1, 0.15) is 24.5 Å². The highest BCUT2D eigenvalue weighted by Gasteiger charge is 2.37. The fourth-order valence-electron chi connectivity index (χ4n) is 3.18. The van der Waals surface area contributed by atoms with Crippen LogP contribution >= 0.6 is 27.5 Å². The van der Waals surface area contributed by atoms with E-state index in [4.69, 9.17) is 16.3 Å². The summed E-state index contributed by atoms with van der Waals surface area (Å²) in [6, 6.07) is 9.63. The van der Waals surface area contributed by atoms with Crippen LogP contribution in [0.2, 0.25) is 5.02 Å². The second-order valence-electron chi connectivity index (χ2n) is 7.32. The largest absolute Gasteiger partial charge is 0.384 e. The third-order valence-corrected chi connectivity index (χ3v) is 6.36. The summed E-state index contributed by atoms with van der Waals surface area (Å²) in [5, 5.41) is 7.95. The standard InChI is InChI=1S/C21H25BrClFN2O/c1-3-4-15-8-17(9-18(23)20(15)24)26-16-5-6-19(14(2)7-16)25-11-21(10-22)12-27-13-21/h5-9,25-26H,3-4,10-13H2,1-2H3. The van der Waals surface area contributed by atoms with E-state index in [9.17, 15) is 4.39 Å². The van der Waals surface area contributed by atoms with Gasteiger partial charge in [-0.05, 0) is 54.8 Å². The molecule has 0 aliphatic carbocycles. The highest BCUT2D eigenvalue weighted by molar-refractivity contribution is 9.09. The molecule has 146 valence electrons. The molecule has 0 saturated carbocycles. The van der Waals surface area contributed by atoms with Gasteiger partial charge in [0.15, 0.2) is 0 Å². The van der Waals surface area contributed by atoms with Crippen LogP contribution in [0.25, 0.3) is 0 Å². The first-order valence-electron chi connectivity index (χ1n) is 9.19. The van der Waals surface area contributed by atoms with E-state index in [1.54, 1.807) is 6.07 Å². The summed E-state index contributed by atoms with van der Waals surface area (Å²) in [6.45, 7) is 6.55. The van der Waals surface area contributed by atoms with Crippen molar-refractivity contribution in [3.63, 3.8) is 0 Å². The number of halogens is 3. The van der Waals surface area contributed by atoms with Gasteiger partial charge in [0.1, 0.15) is 5.82 Å². The molecule has 0 spiro atoms. The van der Waals surface area contributed by atoms with Crippen molar-refractivity contribution in [2.24, 2.45) is 5.41 Å². The minimum Gasteiger partial charge on any atom is -0.384 e. The maximum Gasteiger partial charge on any atom is 0.145 e. The zero-order valence-corrected chi connectivity index (χ0v) is 18.0. The molecule has 3 nitrogen and oxygen atoms in total. The van der Waals surface area contributed by atoms with Gasteiger partial charge in [-0.2, -0.15) is 0 Å². The number of anilines is 3. The molecule has 0 radical (unpaired) electrons. The van der Waals surface area contributed by atoms with Crippen molar-refractivity contribution < 1.29 is 9.13 Å². The van der Waals surface area contributed by atoms with Crippen molar-refractivity contribution in [3.8, 4) is 0 Å². The second-order valence-corrected chi connectivity index (χ2v) is 8.28. The maximum absolute atomic E-state index is 14.1. The highest BCUT2D eigenvalue weighted by Crippen LogP contribution is 2.32. The zero-order chi connectivity index (χ0) is 19.4. The van der Waals surface area contributed by atoms with E-state index < -0.39 is 0 Å². The molecule has 2 aromatic carbocycles. The number of nitrogens with one attached hydrogen (secondary N) is 2. The van der Waals surface area contributed by atoms with Crippen LogP contribution in [0.15, 0.2) is 30.3 Å². The number of hydrogen-bond donors (Lipinski definition) is 2. The highest BCUT2D eigenvalue weighted by atomic mass is 79.9. The Morgan fingerprint density at radius 1 is 1.22 bits per heavy atom. The molecule has 0 unspecified atom stereocenters. The van der Waals surface area contributed by atoms with E-state index >= 15 is 0 Å². The monoisotopic (exact) mass is 454 g/mol. The summed E-state index contributed by atoms with van der Waals surface area (Å²) in [6.07, 6.45) is 1.54. The molecule has 1 saturated heterocycles. The number of ether oxygens (including phenoxy) is 1. The summed E-state index contributed by atoms with van der Waals surface area (Å²) in [4.78, 5) is 0. The van der Waals surface area contributed by atoms with Gasteiger partial charge in [0.25, 0.3) is 0 Å². The lowest BCUT2D eigenvalue weighted by Crippen LogP contribution is -2.49. The normalized spacial score (nSPS) is 15.3. The molecule has 1 heterocycles. The van der Waals surface area contributed by atoms with E-state index in [1.807, 2.05) is 19.1 Å². The van der Waals surface area contributed by atoms with Crippen molar-refractivity contribution in [1.82, 2.24) is 0 Å². The van der Waals surface area contributed by atoms with E-state index in [1.165, 1.54) is 0 Å². The Morgan fingerprint density at radius 3 is 2.59 bits per heavy atom. The van der Waals surface area contributed by atoms with Crippen LogP contribution in [-0.2, 0) is 11.2 Å². The predicted octanol–water partition coefficient (Wildman–Crippen LogP) is 6.31. The van der Waals surface area contributed by atoms with Crippen molar-refractivity contribution in [1.29, 1.82) is 0 Å². The Morgan fingerprint density at radius 2 is 2.00 bits per heavy atom. The number of benzene rings is 2. The summed E-state index contributed by atoms with van der Waals surface area (Å²) in [5.41, 5.74) is 4.83. The Bertz CT molecular complexity index is 805. The summed E-state index contributed by atoms with van der Waals surface area (Å²) >= 11 is 9.64. The Balaban J connectivity index is 1.70. The number of hydrogen-bond acceptors (Lipinski definition) is 3. The molecule has 1 aliphatic heterocycles. The van der Waals surface area contributed by atoms with Gasteiger partial charge in [-0.3, -0.25) is 0 Å². The van der Waals surface area contributed by atoms with Gasteiger partial charge in [-0.15, -0.1) is 0 Å². The molecule has 0 bridgehead atoms. The topological polar surface area (TPSA) is 33.3 Å². The predicted molar refractivity (Wildman–Crippen MR) is 115 cm³/mol. The molecular weight excluding hydrogens is 431 g/mol. The average Bonchev–Trinajstić information content (AvgIpc) is 2.60. The van der Waals surface area contributed by atoms with Gasteiger partial charge < -0.3 is 15.4 Å². The van der Waals surface area contributed by atoms with Gasteiger partial charge >= 0.3 is 0 Å². The Kier molecular flexibility index (Phi) is 6.66. The fraction of sp³-hybridized carbons (Fsp3) is 0.429. The number of alkyl halides is 1. The molecule has 2 aromatic rings. The van der Waals surface area contributed by atoms with Gasteiger partial charge in [0.2, 0.25) is 0 Å². The van der Waals surface area contributed by atoms with E-state index in [2.05, 4.69) is 45.6 Å². The summed E-state index contributed by atoms with van der Waals surface area (Å²) < 4.78 is 19.4. The maximum atomic E-state index is 14.1. The Labute approximate surface area is 173 Å². The lowest BCUT2D eigenvalue weighted by molar-refractivity contribution is -0.0885. The average molecular weight is 456 g/mol.